The highest BCUT2D eigenvalue weighted by molar-refractivity contribution is 6.16. The fraction of sp³-hybridized carbons (Fsp3) is 0.0286. The van der Waals surface area contributed by atoms with Gasteiger partial charge in [-0.15, -0.1) is 10.2 Å². The molecule has 0 fully saturated rings. The Labute approximate surface area is 228 Å². The van der Waals surface area contributed by atoms with Crippen LogP contribution >= 0.6 is 0 Å². The van der Waals surface area contributed by atoms with Crippen LogP contribution in [0.4, 0.5) is 0 Å². The van der Waals surface area contributed by atoms with E-state index in [0.717, 1.165) is 55.5 Å². The third kappa shape index (κ3) is 5.13. The lowest BCUT2D eigenvalue weighted by Gasteiger charge is -2.14. The van der Waals surface area contributed by atoms with Crippen molar-refractivity contribution >= 4 is 23.3 Å². The minimum Gasteiger partial charge on any atom is -0.261 e. The third-order valence-electron chi connectivity index (χ3n) is 6.78. The molecule has 0 radical (unpaired) electrons. The van der Waals surface area contributed by atoms with E-state index < -0.39 is 0 Å². The van der Waals surface area contributed by atoms with E-state index in [0.29, 0.717) is 12.4 Å². The summed E-state index contributed by atoms with van der Waals surface area (Å²) in [4.78, 5) is 9.28. The molecule has 0 aliphatic carbocycles. The summed E-state index contributed by atoms with van der Waals surface area (Å²) in [6.45, 7) is 4.41. The van der Waals surface area contributed by atoms with Gasteiger partial charge in [-0.3, -0.25) is 4.99 Å². The number of aliphatic imine (C=N–C) groups is 2. The Kier molecular flexibility index (Phi) is 6.83. The Morgan fingerprint density at radius 1 is 0.564 bits per heavy atom. The van der Waals surface area contributed by atoms with Gasteiger partial charge in [-0.25, -0.2) is 4.99 Å². The van der Waals surface area contributed by atoms with Crippen molar-refractivity contribution in [2.24, 2.45) is 9.98 Å². The van der Waals surface area contributed by atoms with Crippen LogP contribution in [0.3, 0.4) is 0 Å². The maximum atomic E-state index is 4.89. The molecule has 0 unspecified atom stereocenters. The lowest BCUT2D eigenvalue weighted by molar-refractivity contribution is 1.04. The van der Waals surface area contributed by atoms with Gasteiger partial charge in [-0.1, -0.05) is 121 Å². The molecule has 6 aromatic rings. The number of nitrogens with zero attached hydrogens (tertiary/aromatic N) is 4. The van der Waals surface area contributed by atoms with E-state index in [-0.39, 0.29) is 0 Å². The molecule has 0 amide bonds. The zero-order chi connectivity index (χ0) is 26.4. The molecule has 0 spiro atoms. The van der Waals surface area contributed by atoms with Crippen molar-refractivity contribution in [3.05, 3.63) is 145 Å². The summed E-state index contributed by atoms with van der Waals surface area (Å²) in [5.74, 6) is 0.636. The minimum atomic E-state index is 0.536. The van der Waals surface area contributed by atoms with E-state index in [9.17, 15) is 0 Å². The number of hydrogen-bond donors (Lipinski definition) is 0. The van der Waals surface area contributed by atoms with Gasteiger partial charge < -0.3 is 0 Å². The van der Waals surface area contributed by atoms with Gasteiger partial charge in [-0.2, -0.15) is 0 Å². The molecular formula is C35H26N4. The summed E-state index contributed by atoms with van der Waals surface area (Å²) in [5, 5.41) is 11.2. The lowest BCUT2D eigenvalue weighted by atomic mass is 9.92. The second kappa shape index (κ2) is 11.0. The van der Waals surface area contributed by atoms with Gasteiger partial charge in [0.1, 0.15) is 0 Å². The molecule has 6 rings (SSSR count). The number of aromatic nitrogens is 2. The molecule has 4 heteroatoms. The first-order chi connectivity index (χ1) is 19.3. The summed E-state index contributed by atoms with van der Waals surface area (Å²) >= 11 is 0. The van der Waals surface area contributed by atoms with E-state index in [1.54, 1.807) is 0 Å². The number of fused-ring (bicyclic) bond motifs is 1. The second-order valence-electron chi connectivity index (χ2n) is 9.24. The van der Waals surface area contributed by atoms with Crippen LogP contribution < -0.4 is 0 Å². The number of amidine groups is 1. The molecule has 5 aromatic carbocycles. The fourth-order valence-corrected chi connectivity index (χ4v) is 4.78. The van der Waals surface area contributed by atoms with Gasteiger partial charge in [0.15, 0.2) is 5.84 Å². The van der Waals surface area contributed by atoms with Crippen LogP contribution in [0.15, 0.2) is 143 Å². The number of rotatable bonds is 6. The third-order valence-corrected chi connectivity index (χ3v) is 6.78. The molecule has 39 heavy (non-hydrogen) atoms. The van der Waals surface area contributed by atoms with Crippen LogP contribution in [0.1, 0.15) is 11.1 Å². The van der Waals surface area contributed by atoms with Crippen molar-refractivity contribution < 1.29 is 0 Å². The van der Waals surface area contributed by atoms with Crippen molar-refractivity contribution in [3.63, 3.8) is 0 Å². The molecular weight excluding hydrogens is 476 g/mol. The van der Waals surface area contributed by atoms with Crippen LogP contribution in [-0.2, 0) is 6.54 Å². The molecule has 0 atom stereocenters. The van der Waals surface area contributed by atoms with Crippen LogP contribution in [0.5, 0.6) is 0 Å². The predicted octanol–water partition coefficient (Wildman–Crippen LogP) is 8.28. The average molecular weight is 503 g/mol. The van der Waals surface area contributed by atoms with Crippen LogP contribution in [-0.4, -0.2) is 22.8 Å². The highest BCUT2D eigenvalue weighted by Gasteiger charge is 2.15. The molecule has 0 aliphatic rings. The van der Waals surface area contributed by atoms with Crippen molar-refractivity contribution in [1.29, 1.82) is 0 Å². The zero-order valence-corrected chi connectivity index (χ0v) is 21.4. The van der Waals surface area contributed by atoms with Gasteiger partial charge in [0, 0.05) is 16.7 Å². The van der Waals surface area contributed by atoms with Crippen LogP contribution in [0.25, 0.3) is 44.4 Å². The Bertz CT molecular complexity index is 1760. The Morgan fingerprint density at radius 2 is 1.15 bits per heavy atom. The summed E-state index contributed by atoms with van der Waals surface area (Å²) < 4.78 is 0. The molecule has 0 saturated heterocycles. The van der Waals surface area contributed by atoms with Crippen molar-refractivity contribution in [2.45, 2.75) is 6.54 Å². The molecule has 0 N–H and O–H groups in total. The monoisotopic (exact) mass is 502 g/mol. The van der Waals surface area contributed by atoms with Crippen LogP contribution in [0.2, 0.25) is 0 Å². The van der Waals surface area contributed by atoms with E-state index in [1.807, 2.05) is 72.8 Å². The summed E-state index contributed by atoms with van der Waals surface area (Å²) in [6, 6.07) is 45.3. The van der Waals surface area contributed by atoms with Crippen molar-refractivity contribution in [3.8, 4) is 33.6 Å². The minimum absolute atomic E-state index is 0.536. The summed E-state index contributed by atoms with van der Waals surface area (Å²) in [7, 11) is 0. The normalized spacial score (nSPS) is 11.4. The molecule has 186 valence electrons. The van der Waals surface area contributed by atoms with Gasteiger partial charge in [0.2, 0.25) is 0 Å². The lowest BCUT2D eigenvalue weighted by Crippen LogP contribution is -2.02. The average Bonchev–Trinajstić information content (AvgIpc) is 3.02. The molecule has 0 bridgehead atoms. The predicted molar refractivity (Wildman–Crippen MR) is 162 cm³/mol. The molecule has 4 nitrogen and oxygen atoms in total. The quantitative estimate of drug-likeness (QED) is 0.170. The smallest absolute Gasteiger partial charge is 0.155 e. The maximum absolute atomic E-state index is 4.89. The fourth-order valence-electron chi connectivity index (χ4n) is 4.78. The van der Waals surface area contributed by atoms with Crippen LogP contribution in [0, 0.1) is 0 Å². The van der Waals surface area contributed by atoms with Gasteiger partial charge in [-0.05, 0) is 46.3 Å². The number of hydrogen-bond acceptors (Lipinski definition) is 3. The van der Waals surface area contributed by atoms with Crippen molar-refractivity contribution in [2.75, 3.05) is 0 Å². The first-order valence-electron chi connectivity index (χ1n) is 12.9. The highest BCUT2D eigenvalue weighted by atomic mass is 15.1. The Hall–Kier alpha value is -5.22. The first-order valence-corrected chi connectivity index (χ1v) is 12.9. The Morgan fingerprint density at radius 3 is 1.82 bits per heavy atom. The molecule has 0 aliphatic heterocycles. The standard InChI is InChI=1S/C35H26N4/c1-36-35(37-24-25-10-4-2-5-11-25)34-30-15-9-8-12-26(30)20-21-31(34)27-16-18-29(19-17-27)33-23-22-32(38-39-33)28-13-6-3-7-14-28/h2-23H,1,24H2. The van der Waals surface area contributed by atoms with E-state index >= 15 is 0 Å². The van der Waals surface area contributed by atoms with E-state index in [1.165, 1.54) is 0 Å². The van der Waals surface area contributed by atoms with Crippen molar-refractivity contribution in [1.82, 2.24) is 10.2 Å². The first kappa shape index (κ1) is 24.1. The van der Waals surface area contributed by atoms with E-state index in [2.05, 4.69) is 82.6 Å². The van der Waals surface area contributed by atoms with Gasteiger partial charge >= 0.3 is 0 Å². The van der Waals surface area contributed by atoms with Gasteiger partial charge in [0.25, 0.3) is 0 Å². The largest absolute Gasteiger partial charge is 0.261 e. The highest BCUT2D eigenvalue weighted by Crippen LogP contribution is 2.33. The summed E-state index contributed by atoms with van der Waals surface area (Å²) in [5.41, 5.74) is 8.00. The molecule has 0 saturated carbocycles. The molecule has 1 aromatic heterocycles. The summed E-state index contributed by atoms with van der Waals surface area (Å²) in [6.07, 6.45) is 0. The second-order valence-corrected chi connectivity index (χ2v) is 9.24. The van der Waals surface area contributed by atoms with E-state index in [4.69, 9.17) is 4.99 Å². The Balaban J connectivity index is 1.37. The zero-order valence-electron chi connectivity index (χ0n) is 21.4. The SMILES string of the molecule is C=NC(=NCc1ccccc1)c1c(-c2ccc(-c3ccc(-c4ccccc4)nn3)cc2)ccc2ccccc12. The molecule has 1 heterocycles. The maximum Gasteiger partial charge on any atom is 0.155 e. The van der Waals surface area contributed by atoms with Gasteiger partial charge in [0.05, 0.1) is 17.9 Å². The topological polar surface area (TPSA) is 50.5 Å². The number of benzene rings is 5.